The molecule has 1 fully saturated rings. The molecule has 0 amide bonds. The molecule has 0 saturated carbocycles. The summed E-state index contributed by atoms with van der Waals surface area (Å²) in [5.41, 5.74) is 3.15. The van der Waals surface area contributed by atoms with Crippen LogP contribution in [0.3, 0.4) is 0 Å². The summed E-state index contributed by atoms with van der Waals surface area (Å²) in [5.74, 6) is 1.51. The molecule has 2 rings (SSSR count). The maximum Gasteiger partial charge on any atom is 0.103 e. The minimum atomic E-state index is -0.652. The van der Waals surface area contributed by atoms with Crippen LogP contribution in [0.15, 0.2) is 6.07 Å². The first-order chi connectivity index (χ1) is 8.60. The number of hydrogen-bond acceptors (Lipinski definition) is 4. The highest BCUT2D eigenvalue weighted by Gasteiger charge is 2.19. The number of anilines is 1. The molecule has 2 heterocycles. The van der Waals surface area contributed by atoms with E-state index in [4.69, 9.17) is 0 Å². The van der Waals surface area contributed by atoms with Gasteiger partial charge in [-0.2, -0.15) is 5.26 Å². The molecule has 0 radical (unpaired) electrons. The van der Waals surface area contributed by atoms with Crippen molar-refractivity contribution in [3.05, 3.63) is 23.0 Å². The molecule has 0 spiro atoms. The molecule has 0 aromatic carbocycles. The summed E-state index contributed by atoms with van der Waals surface area (Å²) < 4.78 is 11.3. The molecular weight excluding hydrogens is 246 g/mol. The van der Waals surface area contributed by atoms with Crippen molar-refractivity contribution in [2.75, 3.05) is 16.8 Å². The van der Waals surface area contributed by atoms with E-state index in [1.54, 1.807) is 0 Å². The van der Waals surface area contributed by atoms with Gasteiger partial charge in [-0.05, 0) is 32.8 Å². The SMILES string of the molecule is Cc1cc(NC2CCS(=O)CC2)c(C#N)c(C)n1. The third-order valence-corrected chi connectivity index (χ3v) is 4.57. The van der Waals surface area contributed by atoms with Crippen LogP contribution in [-0.4, -0.2) is 26.7 Å². The molecule has 1 N–H and O–H groups in total. The van der Waals surface area contributed by atoms with Gasteiger partial charge < -0.3 is 5.32 Å². The van der Waals surface area contributed by atoms with Gasteiger partial charge in [0.15, 0.2) is 0 Å². The Hall–Kier alpha value is -1.41. The van der Waals surface area contributed by atoms with E-state index in [1.807, 2.05) is 19.9 Å². The van der Waals surface area contributed by atoms with E-state index in [0.717, 1.165) is 41.4 Å². The van der Waals surface area contributed by atoms with E-state index in [-0.39, 0.29) is 0 Å². The number of rotatable bonds is 2. The molecule has 1 saturated heterocycles. The third kappa shape index (κ3) is 2.88. The van der Waals surface area contributed by atoms with Crippen molar-refractivity contribution in [3.8, 4) is 6.07 Å². The van der Waals surface area contributed by atoms with Gasteiger partial charge >= 0.3 is 0 Å². The van der Waals surface area contributed by atoms with Crippen LogP contribution in [-0.2, 0) is 10.8 Å². The summed E-state index contributed by atoms with van der Waals surface area (Å²) in [5, 5.41) is 12.6. The molecule has 0 unspecified atom stereocenters. The molecule has 1 aliphatic heterocycles. The van der Waals surface area contributed by atoms with Crippen molar-refractivity contribution in [3.63, 3.8) is 0 Å². The fourth-order valence-corrected chi connectivity index (χ4v) is 3.54. The van der Waals surface area contributed by atoms with Gasteiger partial charge in [-0.3, -0.25) is 9.19 Å². The minimum Gasteiger partial charge on any atom is -0.381 e. The first-order valence-corrected chi connectivity index (χ1v) is 7.59. The van der Waals surface area contributed by atoms with E-state index >= 15 is 0 Å². The smallest absolute Gasteiger partial charge is 0.103 e. The zero-order valence-corrected chi connectivity index (χ0v) is 11.5. The van der Waals surface area contributed by atoms with Gasteiger partial charge in [-0.1, -0.05) is 0 Å². The van der Waals surface area contributed by atoms with Crippen molar-refractivity contribution in [1.29, 1.82) is 5.26 Å². The molecule has 4 nitrogen and oxygen atoms in total. The van der Waals surface area contributed by atoms with Gasteiger partial charge in [0.2, 0.25) is 0 Å². The van der Waals surface area contributed by atoms with Crippen LogP contribution in [0.25, 0.3) is 0 Å². The zero-order valence-electron chi connectivity index (χ0n) is 10.7. The number of nitrogens with zero attached hydrogens (tertiary/aromatic N) is 2. The van der Waals surface area contributed by atoms with Crippen molar-refractivity contribution in [2.24, 2.45) is 0 Å². The number of hydrogen-bond donors (Lipinski definition) is 1. The Bertz CT molecular complexity index is 512. The number of pyridine rings is 1. The second-order valence-corrected chi connectivity index (χ2v) is 6.35. The van der Waals surface area contributed by atoms with Crippen LogP contribution in [0.5, 0.6) is 0 Å². The number of aryl methyl sites for hydroxylation is 2. The van der Waals surface area contributed by atoms with Crippen molar-refractivity contribution in [2.45, 2.75) is 32.7 Å². The highest BCUT2D eigenvalue weighted by molar-refractivity contribution is 7.85. The molecular formula is C13H17N3OS. The highest BCUT2D eigenvalue weighted by Crippen LogP contribution is 2.22. The molecule has 96 valence electrons. The standard InChI is InChI=1S/C13H17N3OS/c1-9-7-13(12(8-14)10(2)15-9)16-11-3-5-18(17)6-4-11/h7,11H,3-6H2,1-2H3,(H,15,16). The monoisotopic (exact) mass is 263 g/mol. The summed E-state index contributed by atoms with van der Waals surface area (Å²) in [6, 6.07) is 4.43. The van der Waals surface area contributed by atoms with Gasteiger partial charge in [0.05, 0.1) is 16.9 Å². The lowest BCUT2D eigenvalue weighted by atomic mass is 10.1. The number of nitriles is 1. The Labute approximate surface area is 110 Å². The quantitative estimate of drug-likeness (QED) is 0.885. The Morgan fingerprint density at radius 1 is 1.44 bits per heavy atom. The first kappa shape index (κ1) is 13.0. The maximum atomic E-state index is 11.3. The van der Waals surface area contributed by atoms with Crippen LogP contribution in [0, 0.1) is 25.2 Å². The van der Waals surface area contributed by atoms with Gasteiger partial charge in [0.25, 0.3) is 0 Å². The van der Waals surface area contributed by atoms with E-state index in [2.05, 4.69) is 16.4 Å². The second kappa shape index (κ2) is 5.49. The van der Waals surface area contributed by atoms with Crippen LogP contribution in [0.1, 0.15) is 29.8 Å². The summed E-state index contributed by atoms with van der Waals surface area (Å²) in [4.78, 5) is 4.30. The summed E-state index contributed by atoms with van der Waals surface area (Å²) in [7, 11) is -0.652. The van der Waals surface area contributed by atoms with Crippen LogP contribution in [0.2, 0.25) is 0 Å². The molecule has 18 heavy (non-hydrogen) atoms. The third-order valence-electron chi connectivity index (χ3n) is 3.19. The molecule has 1 aromatic heterocycles. The molecule has 1 aliphatic rings. The normalized spacial score (nSPS) is 23.4. The van der Waals surface area contributed by atoms with E-state index in [1.165, 1.54) is 0 Å². The van der Waals surface area contributed by atoms with E-state index in [0.29, 0.717) is 11.6 Å². The number of nitrogens with one attached hydrogen (secondary N) is 1. The fourth-order valence-electron chi connectivity index (χ4n) is 2.24. The van der Waals surface area contributed by atoms with Gasteiger partial charge in [-0.25, -0.2) is 0 Å². The predicted molar refractivity (Wildman–Crippen MR) is 72.9 cm³/mol. The van der Waals surface area contributed by atoms with Crippen LogP contribution < -0.4 is 5.32 Å². The minimum absolute atomic E-state index is 0.316. The average molecular weight is 263 g/mol. The first-order valence-electron chi connectivity index (χ1n) is 6.10. The van der Waals surface area contributed by atoms with E-state index < -0.39 is 10.8 Å². The maximum absolute atomic E-state index is 11.3. The Morgan fingerprint density at radius 2 is 2.11 bits per heavy atom. The molecule has 0 aliphatic carbocycles. The Kier molecular flexibility index (Phi) is 3.97. The highest BCUT2D eigenvalue weighted by atomic mass is 32.2. The average Bonchev–Trinajstić information content (AvgIpc) is 2.32. The summed E-state index contributed by atoms with van der Waals surface area (Å²) in [6.45, 7) is 3.78. The predicted octanol–water partition coefficient (Wildman–Crippen LogP) is 1.89. The lowest BCUT2D eigenvalue weighted by Gasteiger charge is -2.24. The molecule has 0 bridgehead atoms. The fraction of sp³-hybridized carbons (Fsp3) is 0.538. The Morgan fingerprint density at radius 3 is 2.72 bits per heavy atom. The van der Waals surface area contributed by atoms with Crippen LogP contribution in [0.4, 0.5) is 5.69 Å². The van der Waals surface area contributed by atoms with Gasteiger partial charge in [0.1, 0.15) is 6.07 Å². The Balaban J connectivity index is 2.18. The molecule has 1 aromatic rings. The zero-order chi connectivity index (χ0) is 13.1. The number of aromatic nitrogens is 1. The van der Waals surface area contributed by atoms with Crippen molar-refractivity contribution in [1.82, 2.24) is 4.98 Å². The van der Waals surface area contributed by atoms with E-state index in [9.17, 15) is 9.47 Å². The van der Waals surface area contributed by atoms with Gasteiger partial charge in [0, 0.05) is 34.0 Å². The van der Waals surface area contributed by atoms with Crippen LogP contribution >= 0.6 is 0 Å². The van der Waals surface area contributed by atoms with Crippen molar-refractivity contribution >= 4 is 16.5 Å². The summed E-state index contributed by atoms with van der Waals surface area (Å²) >= 11 is 0. The largest absolute Gasteiger partial charge is 0.381 e. The van der Waals surface area contributed by atoms with Crippen molar-refractivity contribution < 1.29 is 4.21 Å². The lowest BCUT2D eigenvalue weighted by Crippen LogP contribution is -2.29. The lowest BCUT2D eigenvalue weighted by molar-refractivity contribution is 0.624. The second-order valence-electron chi connectivity index (χ2n) is 4.65. The summed E-state index contributed by atoms with van der Waals surface area (Å²) in [6.07, 6.45) is 1.80. The topological polar surface area (TPSA) is 65.8 Å². The molecule has 5 heteroatoms. The van der Waals surface area contributed by atoms with Gasteiger partial charge in [-0.15, -0.1) is 0 Å². The molecule has 0 atom stereocenters.